The molecule has 0 aliphatic rings. The van der Waals surface area contributed by atoms with Gasteiger partial charge in [0.25, 0.3) is 0 Å². The first-order valence-electron chi connectivity index (χ1n) is 8.99. The summed E-state index contributed by atoms with van der Waals surface area (Å²) in [5, 5.41) is 0.290. The van der Waals surface area contributed by atoms with Gasteiger partial charge in [-0.2, -0.15) is 0 Å². The third-order valence-corrected chi connectivity index (χ3v) is 6.02. The van der Waals surface area contributed by atoms with Gasteiger partial charge in [0.2, 0.25) is 0 Å². The van der Waals surface area contributed by atoms with Gasteiger partial charge in [-0.3, -0.25) is 0 Å². The van der Waals surface area contributed by atoms with Crippen molar-refractivity contribution in [3.8, 4) is 5.75 Å². The number of methoxy groups -OCH3 is 1. The van der Waals surface area contributed by atoms with Gasteiger partial charge >= 0.3 is 13.3 Å². The maximum atomic E-state index is 12.4. The summed E-state index contributed by atoms with van der Waals surface area (Å²) >= 11 is 6.09. The molecule has 0 fully saturated rings. The third-order valence-electron chi connectivity index (χ3n) is 4.31. The Morgan fingerprint density at radius 1 is 0.962 bits per heavy atom. The highest BCUT2D eigenvalue weighted by Crippen LogP contribution is 2.36. The fraction of sp³-hybridized carbons (Fsp3) is 0.381. The van der Waals surface area contributed by atoms with E-state index < -0.39 is 13.3 Å². The Kier molecular flexibility index (Phi) is 8.80. The monoisotopic (exact) mass is 391 g/mol. The summed E-state index contributed by atoms with van der Waals surface area (Å²) in [4.78, 5) is 12.4. The predicted octanol–water partition coefficient (Wildman–Crippen LogP) is 6.51. The van der Waals surface area contributed by atoms with Crippen molar-refractivity contribution in [3.63, 3.8) is 0 Å². The van der Waals surface area contributed by atoms with Crippen LogP contribution in [0.2, 0.25) is 5.02 Å². The van der Waals surface area contributed by atoms with Crippen molar-refractivity contribution < 1.29 is 14.1 Å². The largest absolute Gasteiger partial charge is 0.496 e. The topological polar surface area (TPSA) is 43.4 Å². The van der Waals surface area contributed by atoms with Gasteiger partial charge < -0.3 is 4.74 Å². The number of aryl methyl sites for hydroxylation is 1. The van der Waals surface area contributed by atoms with Gasteiger partial charge in [0.15, 0.2) is 6.16 Å². The van der Waals surface area contributed by atoms with E-state index in [1.807, 2.05) is 6.07 Å². The SMILES string of the molecule is COc1cccc(Cl)c1C(=O)[P+](=O)CCCCCCCc1ccccc1. The maximum Gasteiger partial charge on any atom is 0.420 e. The molecular weight excluding hydrogens is 367 g/mol. The zero-order valence-electron chi connectivity index (χ0n) is 15.1. The molecule has 0 heterocycles. The second kappa shape index (κ2) is 11.1. The summed E-state index contributed by atoms with van der Waals surface area (Å²) in [7, 11) is -0.493. The predicted molar refractivity (Wildman–Crippen MR) is 108 cm³/mol. The second-order valence-corrected chi connectivity index (χ2v) is 8.25. The lowest BCUT2D eigenvalue weighted by Crippen LogP contribution is -2.00. The van der Waals surface area contributed by atoms with Crippen molar-refractivity contribution in [2.75, 3.05) is 13.3 Å². The Morgan fingerprint density at radius 3 is 2.38 bits per heavy atom. The molecule has 0 aliphatic carbocycles. The minimum absolute atomic E-state index is 0.237. The van der Waals surface area contributed by atoms with E-state index in [0.29, 0.717) is 16.9 Å². The molecule has 0 N–H and O–H groups in total. The van der Waals surface area contributed by atoms with Crippen molar-refractivity contribution in [1.82, 2.24) is 0 Å². The van der Waals surface area contributed by atoms with Gasteiger partial charge in [-0.05, 0) is 43.4 Å². The molecule has 2 aromatic rings. The molecule has 2 rings (SSSR count). The van der Waals surface area contributed by atoms with E-state index >= 15 is 0 Å². The fourth-order valence-electron chi connectivity index (χ4n) is 2.87. The lowest BCUT2D eigenvalue weighted by atomic mass is 10.1. The van der Waals surface area contributed by atoms with Crippen LogP contribution in [0.5, 0.6) is 5.75 Å². The van der Waals surface area contributed by atoms with E-state index in [1.54, 1.807) is 18.2 Å². The van der Waals surface area contributed by atoms with Crippen LogP contribution in [-0.2, 0) is 11.0 Å². The van der Waals surface area contributed by atoms with E-state index in [2.05, 4.69) is 24.3 Å². The van der Waals surface area contributed by atoms with Crippen molar-refractivity contribution in [3.05, 3.63) is 64.7 Å². The summed E-state index contributed by atoms with van der Waals surface area (Å²) in [6.45, 7) is 0. The second-order valence-electron chi connectivity index (χ2n) is 6.23. The highest BCUT2D eigenvalue weighted by atomic mass is 35.5. The highest BCUT2D eigenvalue weighted by molar-refractivity contribution is 7.64. The van der Waals surface area contributed by atoms with E-state index in [-0.39, 0.29) is 5.56 Å². The van der Waals surface area contributed by atoms with Gasteiger partial charge in [0, 0.05) is 0 Å². The number of hydrogen-bond acceptors (Lipinski definition) is 3. The first-order chi connectivity index (χ1) is 12.6. The van der Waals surface area contributed by atoms with Crippen LogP contribution < -0.4 is 4.74 Å². The lowest BCUT2D eigenvalue weighted by Gasteiger charge is -2.04. The molecule has 0 aromatic heterocycles. The minimum Gasteiger partial charge on any atom is -0.496 e. The molecule has 1 unspecified atom stereocenters. The van der Waals surface area contributed by atoms with Crippen LogP contribution >= 0.6 is 19.4 Å². The lowest BCUT2D eigenvalue weighted by molar-refractivity contribution is 0.107. The van der Waals surface area contributed by atoms with Crippen LogP contribution in [0.3, 0.4) is 0 Å². The molecule has 5 heteroatoms. The Labute approximate surface area is 161 Å². The molecule has 1 atom stereocenters. The zero-order valence-corrected chi connectivity index (χ0v) is 16.8. The summed E-state index contributed by atoms with van der Waals surface area (Å²) < 4.78 is 17.5. The first kappa shape index (κ1) is 20.6. The molecule has 0 amide bonds. The molecule has 26 heavy (non-hydrogen) atoms. The number of halogens is 1. The number of unbranched alkanes of at least 4 members (excludes halogenated alkanes) is 4. The number of ether oxygens (including phenoxy) is 1. The van der Waals surface area contributed by atoms with Crippen molar-refractivity contribution in [2.45, 2.75) is 38.5 Å². The van der Waals surface area contributed by atoms with Crippen LogP contribution in [0.25, 0.3) is 0 Å². The van der Waals surface area contributed by atoms with Gasteiger partial charge in [-0.1, -0.05) is 65.4 Å². The molecule has 0 bridgehead atoms. The molecule has 0 saturated carbocycles. The average Bonchev–Trinajstić information content (AvgIpc) is 2.67. The molecule has 0 radical (unpaired) electrons. The van der Waals surface area contributed by atoms with Gasteiger partial charge in [0.05, 0.1) is 12.1 Å². The molecule has 2 aromatic carbocycles. The van der Waals surface area contributed by atoms with Crippen LogP contribution in [-0.4, -0.2) is 18.8 Å². The normalized spacial score (nSPS) is 11.2. The standard InChI is InChI=1S/C21H25ClO3P/c1-25-19-15-10-14-18(22)20(19)21(23)26(24)16-9-4-2-3-6-11-17-12-7-5-8-13-17/h5,7-8,10,12-15H,2-4,6,9,11,16H2,1H3/q+1. The molecule has 0 spiro atoms. The first-order valence-corrected chi connectivity index (χ1v) is 10.8. The highest BCUT2D eigenvalue weighted by Gasteiger charge is 2.33. The van der Waals surface area contributed by atoms with Crippen molar-refractivity contribution >= 4 is 24.9 Å². The minimum atomic E-state index is -1.97. The number of benzene rings is 2. The zero-order chi connectivity index (χ0) is 18.8. The molecular formula is C21H25ClO3P+. The van der Waals surface area contributed by atoms with Gasteiger partial charge in [0.1, 0.15) is 11.3 Å². The summed E-state index contributed by atoms with van der Waals surface area (Å²) in [5.41, 5.74) is 1.20. The van der Waals surface area contributed by atoms with E-state index in [9.17, 15) is 9.36 Å². The fourth-order valence-corrected chi connectivity index (χ4v) is 4.38. The molecule has 0 aliphatic heterocycles. The average molecular weight is 392 g/mol. The molecule has 0 saturated heterocycles. The number of rotatable bonds is 11. The van der Waals surface area contributed by atoms with E-state index in [4.69, 9.17) is 16.3 Å². The Morgan fingerprint density at radius 2 is 1.65 bits per heavy atom. The summed E-state index contributed by atoms with van der Waals surface area (Å²) in [5.74, 6) is 0.381. The Hall–Kier alpha value is -1.70. The maximum absolute atomic E-state index is 12.4. The number of carbonyl (C=O) groups excluding carboxylic acids is 1. The van der Waals surface area contributed by atoms with E-state index in [1.165, 1.54) is 12.7 Å². The summed E-state index contributed by atoms with van der Waals surface area (Å²) in [6, 6.07) is 15.5. The number of hydrogen-bond donors (Lipinski definition) is 0. The van der Waals surface area contributed by atoms with Crippen LogP contribution in [0.4, 0.5) is 0 Å². The van der Waals surface area contributed by atoms with Crippen LogP contribution in [0.15, 0.2) is 48.5 Å². The van der Waals surface area contributed by atoms with Crippen LogP contribution in [0.1, 0.15) is 48.0 Å². The Bertz CT molecular complexity index is 731. The molecule has 3 nitrogen and oxygen atoms in total. The van der Waals surface area contributed by atoms with E-state index in [0.717, 1.165) is 38.5 Å². The van der Waals surface area contributed by atoms with Crippen LogP contribution in [0, 0.1) is 0 Å². The Balaban J connectivity index is 1.68. The summed E-state index contributed by atoms with van der Waals surface area (Å²) in [6.07, 6.45) is 6.69. The van der Waals surface area contributed by atoms with Crippen molar-refractivity contribution in [1.29, 1.82) is 0 Å². The van der Waals surface area contributed by atoms with Gasteiger partial charge in [-0.25, -0.2) is 4.79 Å². The van der Waals surface area contributed by atoms with Crippen molar-refractivity contribution in [2.24, 2.45) is 0 Å². The third kappa shape index (κ3) is 6.23. The molecule has 138 valence electrons. The smallest absolute Gasteiger partial charge is 0.420 e. The quantitative estimate of drug-likeness (QED) is 0.324. The van der Waals surface area contributed by atoms with Gasteiger partial charge in [-0.15, -0.1) is 0 Å². The number of carbonyl (C=O) groups is 1.